The molecule has 34 heavy (non-hydrogen) atoms. The molecule has 1 aromatic rings. The van der Waals surface area contributed by atoms with Crippen LogP contribution in [0.4, 0.5) is 8.78 Å². The molecule has 0 radical (unpaired) electrons. The molecule has 0 aliphatic carbocycles. The molecule has 0 N–H and O–H groups in total. The van der Waals surface area contributed by atoms with Gasteiger partial charge in [0.15, 0.2) is 5.72 Å². The molecule has 0 amide bonds. The summed E-state index contributed by atoms with van der Waals surface area (Å²) < 4.78 is 33.6. The quantitative estimate of drug-likeness (QED) is 0.316. The van der Waals surface area contributed by atoms with Gasteiger partial charge in [-0.1, -0.05) is 68.3 Å². The van der Waals surface area contributed by atoms with Gasteiger partial charge in [-0.2, -0.15) is 5.26 Å². The first kappa shape index (κ1) is 26.4. The van der Waals surface area contributed by atoms with Gasteiger partial charge in [-0.15, -0.1) is 0 Å². The molecule has 1 aromatic carbocycles. The largest absolute Gasteiger partial charge is 0.443 e. The number of ether oxygens (including phenoxy) is 1. The van der Waals surface area contributed by atoms with Crippen molar-refractivity contribution in [3.05, 3.63) is 70.3 Å². The number of halogens is 4. The van der Waals surface area contributed by atoms with E-state index >= 15 is 4.39 Å². The number of esters is 1. The van der Waals surface area contributed by atoms with Crippen molar-refractivity contribution in [2.24, 2.45) is 10.8 Å². The minimum absolute atomic E-state index is 0.0965. The first-order chi connectivity index (χ1) is 15.8. The molecule has 182 valence electrons. The van der Waals surface area contributed by atoms with Crippen LogP contribution in [-0.2, 0) is 9.53 Å². The highest BCUT2D eigenvalue weighted by atomic mass is 35.5. The van der Waals surface area contributed by atoms with Crippen molar-refractivity contribution in [2.45, 2.75) is 64.8 Å². The lowest BCUT2D eigenvalue weighted by atomic mass is 9.66. The summed E-state index contributed by atoms with van der Waals surface area (Å²) in [4.78, 5) is 15.1. The molecule has 0 unspecified atom stereocenters. The van der Waals surface area contributed by atoms with E-state index in [-0.39, 0.29) is 21.0 Å². The number of nitriles is 1. The van der Waals surface area contributed by atoms with Crippen LogP contribution in [-0.4, -0.2) is 28.7 Å². The van der Waals surface area contributed by atoms with Crippen LogP contribution in [0.2, 0.25) is 5.02 Å². The van der Waals surface area contributed by atoms with Crippen molar-refractivity contribution in [2.75, 3.05) is 0 Å². The van der Waals surface area contributed by atoms with E-state index in [0.29, 0.717) is 12.8 Å². The third kappa shape index (κ3) is 4.66. The molecule has 4 nitrogen and oxygen atoms in total. The maximum atomic E-state index is 15.4. The van der Waals surface area contributed by atoms with E-state index in [1.807, 2.05) is 25.7 Å². The Labute approximate surface area is 209 Å². The van der Waals surface area contributed by atoms with Crippen LogP contribution in [0.25, 0.3) is 0 Å². The topological polar surface area (TPSA) is 53.3 Å². The summed E-state index contributed by atoms with van der Waals surface area (Å²) in [7, 11) is 0. The highest BCUT2D eigenvalue weighted by Gasteiger charge is 2.69. The molecule has 2 heterocycles. The summed E-state index contributed by atoms with van der Waals surface area (Å²) in [5.74, 6) is -2.10. The van der Waals surface area contributed by atoms with Gasteiger partial charge in [0.2, 0.25) is 0 Å². The lowest BCUT2D eigenvalue weighted by molar-refractivity contribution is -0.152. The zero-order chi connectivity index (χ0) is 25.5. The fraction of sp³-hybridized carbons (Fsp3) is 0.462. The second kappa shape index (κ2) is 9.45. The summed E-state index contributed by atoms with van der Waals surface area (Å²) in [6.45, 7) is 9.65. The van der Waals surface area contributed by atoms with E-state index in [0.717, 1.165) is 6.08 Å². The van der Waals surface area contributed by atoms with Crippen LogP contribution in [0.15, 0.2) is 53.9 Å². The second-order valence-electron chi connectivity index (χ2n) is 10.4. The molecule has 4 atom stereocenters. The number of allylic oxidation sites excluding steroid dienone is 4. The number of nitrogens with zero attached hydrogens (tertiary/aromatic N) is 2. The van der Waals surface area contributed by atoms with Crippen molar-refractivity contribution in [3.8, 4) is 6.07 Å². The second-order valence-corrected chi connectivity index (χ2v) is 11.2. The predicted octanol–water partition coefficient (Wildman–Crippen LogP) is 7.02. The third-order valence-electron chi connectivity index (χ3n) is 6.40. The third-order valence-corrected chi connectivity index (χ3v) is 6.94. The molecule has 2 aliphatic rings. The highest BCUT2D eigenvalue weighted by Crippen LogP contribution is 2.59. The van der Waals surface area contributed by atoms with Crippen molar-refractivity contribution in [1.29, 1.82) is 5.26 Å². The van der Waals surface area contributed by atoms with Gasteiger partial charge in [0.1, 0.15) is 17.3 Å². The molecule has 2 saturated heterocycles. The monoisotopic (exact) mass is 508 g/mol. The van der Waals surface area contributed by atoms with Gasteiger partial charge in [-0.25, -0.2) is 13.7 Å². The zero-order valence-electron chi connectivity index (χ0n) is 19.8. The lowest BCUT2D eigenvalue weighted by Crippen LogP contribution is -2.50. The van der Waals surface area contributed by atoms with Gasteiger partial charge in [0.05, 0.1) is 17.4 Å². The summed E-state index contributed by atoms with van der Waals surface area (Å²) in [6, 6.07) is 5.60. The van der Waals surface area contributed by atoms with Gasteiger partial charge in [0, 0.05) is 17.0 Å². The van der Waals surface area contributed by atoms with Crippen molar-refractivity contribution in [1.82, 2.24) is 4.90 Å². The SMILES string of the molecule is CC(C)(C)C[C@@H]1N2[C@H](C(=O)OC2(C)C)[C@H](c2cccc(Cl)c2F)[C@@]1(C#N)/C=C/C=C(Cl)\C=C\F. The number of hydrogen-bond donors (Lipinski definition) is 0. The number of fused-ring (bicyclic) bond motifs is 1. The zero-order valence-corrected chi connectivity index (χ0v) is 21.3. The average Bonchev–Trinajstić information content (AvgIpc) is 3.12. The van der Waals surface area contributed by atoms with Gasteiger partial charge in [0.25, 0.3) is 0 Å². The Morgan fingerprint density at radius 2 is 2.03 bits per heavy atom. The van der Waals surface area contributed by atoms with Gasteiger partial charge >= 0.3 is 5.97 Å². The molecule has 3 rings (SSSR count). The molecule has 0 saturated carbocycles. The molecule has 0 bridgehead atoms. The fourth-order valence-electron chi connectivity index (χ4n) is 5.22. The van der Waals surface area contributed by atoms with Crippen LogP contribution >= 0.6 is 23.2 Å². The number of hydrogen-bond acceptors (Lipinski definition) is 4. The van der Waals surface area contributed by atoms with Crippen LogP contribution in [0.5, 0.6) is 0 Å². The van der Waals surface area contributed by atoms with Gasteiger partial charge < -0.3 is 4.74 Å². The van der Waals surface area contributed by atoms with Crippen LogP contribution in [0, 0.1) is 28.0 Å². The van der Waals surface area contributed by atoms with Gasteiger partial charge in [-0.05, 0) is 49.5 Å². The Morgan fingerprint density at radius 1 is 1.35 bits per heavy atom. The summed E-state index contributed by atoms with van der Waals surface area (Å²) in [6.07, 6.45) is 6.54. The fourth-order valence-corrected chi connectivity index (χ4v) is 5.52. The van der Waals surface area contributed by atoms with Crippen molar-refractivity contribution >= 4 is 29.2 Å². The van der Waals surface area contributed by atoms with E-state index in [4.69, 9.17) is 27.9 Å². The number of carbonyl (C=O) groups is 1. The first-order valence-electron chi connectivity index (χ1n) is 11.0. The van der Waals surface area contributed by atoms with Crippen LogP contribution in [0.3, 0.4) is 0 Å². The van der Waals surface area contributed by atoms with E-state index in [1.54, 1.807) is 38.1 Å². The minimum atomic E-state index is -1.34. The van der Waals surface area contributed by atoms with Crippen molar-refractivity contribution in [3.63, 3.8) is 0 Å². The molecular formula is C26H28Cl2F2N2O2. The maximum absolute atomic E-state index is 15.4. The maximum Gasteiger partial charge on any atom is 0.325 e. The molecule has 0 spiro atoms. The summed E-state index contributed by atoms with van der Waals surface area (Å²) in [5, 5.41) is 10.7. The number of carbonyl (C=O) groups excluding carboxylic acids is 1. The number of cyclic esters (lactones) is 1. The summed E-state index contributed by atoms with van der Waals surface area (Å²) >= 11 is 12.1. The Morgan fingerprint density at radius 3 is 2.62 bits per heavy atom. The lowest BCUT2D eigenvalue weighted by Gasteiger charge is -2.41. The smallest absolute Gasteiger partial charge is 0.325 e. The van der Waals surface area contributed by atoms with E-state index in [1.165, 1.54) is 12.1 Å². The highest BCUT2D eigenvalue weighted by molar-refractivity contribution is 6.31. The standard InChI is InChI=1S/C26H28Cl2F2N2O2/c1-24(2,3)14-19-26(15-31,12-7-8-16(27)11-13-29)20(17-9-6-10-18(28)21(17)30)22-23(33)34-25(4,5)32(19)22/h6-13,19-20,22H,14H2,1-5H3/b12-7+,13-11+,16-8+/t19-,20-,22-,26+/m0/s1. The van der Waals surface area contributed by atoms with Crippen LogP contribution < -0.4 is 0 Å². The Balaban J connectivity index is 2.33. The minimum Gasteiger partial charge on any atom is -0.443 e. The molecule has 8 heteroatoms. The van der Waals surface area contributed by atoms with E-state index in [2.05, 4.69) is 6.07 Å². The average molecular weight is 509 g/mol. The Hall–Kier alpha value is -2.20. The number of benzene rings is 1. The predicted molar refractivity (Wildman–Crippen MR) is 129 cm³/mol. The first-order valence-corrected chi connectivity index (χ1v) is 11.7. The van der Waals surface area contributed by atoms with Crippen molar-refractivity contribution < 1.29 is 18.3 Å². The normalized spacial score (nSPS) is 29.6. The van der Waals surface area contributed by atoms with Gasteiger partial charge in [-0.3, -0.25) is 4.79 Å². The molecule has 0 aromatic heterocycles. The molecular weight excluding hydrogens is 481 g/mol. The van der Waals surface area contributed by atoms with E-state index < -0.39 is 40.9 Å². The molecule has 2 fully saturated rings. The summed E-state index contributed by atoms with van der Waals surface area (Å²) in [5.41, 5.74) is -2.42. The molecule has 2 aliphatic heterocycles. The van der Waals surface area contributed by atoms with Crippen LogP contribution in [0.1, 0.15) is 52.5 Å². The van der Waals surface area contributed by atoms with E-state index in [9.17, 15) is 14.4 Å². The Kier molecular flexibility index (Phi) is 7.34. The number of rotatable bonds is 5. The Bertz CT molecular complexity index is 1100.